The molecular formula is C20H15NO3S. The standard InChI is InChI=1S/C20H15NO3S/c1-2-21-15-8-4-6-10-17(15)25-18(21)12-11-14-19(22)13-7-3-5-9-16(13)24-20(14)23/h3-12H,2H2,1H3/b14-11-,18-12-. The highest BCUT2D eigenvalue weighted by Crippen LogP contribution is 2.45. The number of hydrogen-bond acceptors (Lipinski definition) is 5. The number of benzene rings is 2. The van der Waals surface area contributed by atoms with Gasteiger partial charge in [-0.1, -0.05) is 36.0 Å². The summed E-state index contributed by atoms with van der Waals surface area (Å²) in [6.45, 7) is 2.88. The van der Waals surface area contributed by atoms with Gasteiger partial charge in [-0.2, -0.15) is 0 Å². The zero-order chi connectivity index (χ0) is 17.4. The fourth-order valence-electron chi connectivity index (χ4n) is 2.94. The molecule has 0 bridgehead atoms. The van der Waals surface area contributed by atoms with Crippen molar-refractivity contribution in [3.05, 3.63) is 76.8 Å². The lowest BCUT2D eigenvalue weighted by Gasteiger charge is -2.18. The zero-order valence-electron chi connectivity index (χ0n) is 13.6. The second-order valence-electron chi connectivity index (χ2n) is 5.61. The van der Waals surface area contributed by atoms with Gasteiger partial charge in [-0.3, -0.25) is 4.79 Å². The number of carbonyl (C=O) groups is 2. The molecule has 0 fully saturated rings. The van der Waals surface area contributed by atoms with Gasteiger partial charge >= 0.3 is 5.97 Å². The second kappa shape index (κ2) is 6.26. The Hall–Kier alpha value is -2.79. The minimum Gasteiger partial charge on any atom is -0.422 e. The normalized spacial score (nSPS) is 19.2. The molecule has 4 nitrogen and oxygen atoms in total. The molecule has 0 saturated heterocycles. The summed E-state index contributed by atoms with van der Waals surface area (Å²) in [6, 6.07) is 14.9. The number of para-hydroxylation sites is 2. The van der Waals surface area contributed by atoms with Crippen LogP contribution in [0.2, 0.25) is 0 Å². The van der Waals surface area contributed by atoms with Crippen LogP contribution in [0.25, 0.3) is 0 Å². The molecule has 0 N–H and O–H groups in total. The quantitative estimate of drug-likeness (QED) is 0.352. The number of nitrogens with zero attached hydrogens (tertiary/aromatic N) is 1. The van der Waals surface area contributed by atoms with E-state index in [-0.39, 0.29) is 11.4 Å². The molecule has 0 atom stereocenters. The summed E-state index contributed by atoms with van der Waals surface area (Å²) in [5, 5.41) is 0.982. The van der Waals surface area contributed by atoms with Crippen LogP contribution in [0.5, 0.6) is 5.75 Å². The van der Waals surface area contributed by atoms with Crippen molar-refractivity contribution in [3.63, 3.8) is 0 Å². The van der Waals surface area contributed by atoms with Crippen molar-refractivity contribution in [3.8, 4) is 5.75 Å². The predicted molar refractivity (Wildman–Crippen MR) is 97.9 cm³/mol. The van der Waals surface area contributed by atoms with Crippen molar-refractivity contribution in [1.82, 2.24) is 0 Å². The van der Waals surface area contributed by atoms with E-state index in [1.807, 2.05) is 18.2 Å². The van der Waals surface area contributed by atoms with Gasteiger partial charge < -0.3 is 9.64 Å². The number of rotatable bonds is 2. The number of Topliss-reactive ketones (excluding diaryl/α,β-unsaturated/α-hetero) is 1. The van der Waals surface area contributed by atoms with E-state index in [9.17, 15) is 9.59 Å². The maximum atomic E-state index is 12.6. The van der Waals surface area contributed by atoms with Crippen molar-refractivity contribution >= 4 is 29.2 Å². The second-order valence-corrected chi connectivity index (χ2v) is 6.68. The number of anilines is 1. The number of esters is 1. The largest absolute Gasteiger partial charge is 0.422 e. The van der Waals surface area contributed by atoms with Gasteiger partial charge in [0.2, 0.25) is 5.78 Å². The van der Waals surface area contributed by atoms with Crippen LogP contribution in [0.3, 0.4) is 0 Å². The van der Waals surface area contributed by atoms with Crippen molar-refractivity contribution < 1.29 is 14.3 Å². The molecule has 2 aromatic carbocycles. The van der Waals surface area contributed by atoms with Crippen LogP contribution in [-0.4, -0.2) is 18.3 Å². The van der Waals surface area contributed by atoms with E-state index in [2.05, 4.69) is 24.0 Å². The van der Waals surface area contributed by atoms with Crippen molar-refractivity contribution in [2.75, 3.05) is 11.4 Å². The summed E-state index contributed by atoms with van der Waals surface area (Å²) in [5.41, 5.74) is 1.61. The van der Waals surface area contributed by atoms with Crippen LogP contribution in [0.1, 0.15) is 17.3 Å². The van der Waals surface area contributed by atoms with Crippen LogP contribution < -0.4 is 9.64 Å². The topological polar surface area (TPSA) is 46.6 Å². The van der Waals surface area contributed by atoms with Crippen LogP contribution in [0, 0.1) is 0 Å². The molecule has 4 rings (SSSR count). The third-order valence-electron chi connectivity index (χ3n) is 4.14. The van der Waals surface area contributed by atoms with Gasteiger partial charge in [0.1, 0.15) is 11.3 Å². The summed E-state index contributed by atoms with van der Waals surface area (Å²) in [4.78, 5) is 28.1. The first-order valence-corrected chi connectivity index (χ1v) is 8.83. The third-order valence-corrected chi connectivity index (χ3v) is 5.28. The molecule has 2 aliphatic rings. The molecular weight excluding hydrogens is 334 g/mol. The average Bonchev–Trinajstić information content (AvgIpc) is 2.99. The van der Waals surface area contributed by atoms with Gasteiger partial charge in [-0.05, 0) is 43.3 Å². The Morgan fingerprint density at radius 1 is 1.04 bits per heavy atom. The fourth-order valence-corrected chi connectivity index (χ4v) is 4.07. The van der Waals surface area contributed by atoms with E-state index in [4.69, 9.17) is 4.74 Å². The summed E-state index contributed by atoms with van der Waals surface area (Å²) in [7, 11) is 0. The van der Waals surface area contributed by atoms with E-state index in [1.54, 1.807) is 42.1 Å². The van der Waals surface area contributed by atoms with Gasteiger partial charge in [0.25, 0.3) is 0 Å². The SMILES string of the molecule is CCN1/C(=C/C=C2\C(=O)Oc3ccccc3C2=O)Sc2ccccc21. The van der Waals surface area contributed by atoms with Gasteiger partial charge in [-0.25, -0.2) is 4.79 Å². The number of carbonyl (C=O) groups excluding carboxylic acids is 2. The first-order chi connectivity index (χ1) is 12.2. The lowest BCUT2D eigenvalue weighted by molar-refractivity contribution is -0.130. The lowest BCUT2D eigenvalue weighted by Crippen LogP contribution is -2.25. The molecule has 0 amide bonds. The fraction of sp³-hybridized carbons (Fsp3) is 0.100. The van der Waals surface area contributed by atoms with E-state index in [0.717, 1.165) is 22.2 Å². The molecule has 0 aromatic heterocycles. The molecule has 0 unspecified atom stereocenters. The first kappa shape index (κ1) is 15.7. The van der Waals surface area contributed by atoms with Gasteiger partial charge in [-0.15, -0.1) is 0 Å². The number of ether oxygens (including phenoxy) is 1. The minimum atomic E-state index is -0.607. The summed E-state index contributed by atoms with van der Waals surface area (Å²) < 4.78 is 5.27. The number of thioether (sulfide) groups is 1. The van der Waals surface area contributed by atoms with Crippen LogP contribution in [-0.2, 0) is 4.79 Å². The first-order valence-electron chi connectivity index (χ1n) is 8.01. The maximum Gasteiger partial charge on any atom is 0.347 e. The van der Waals surface area contributed by atoms with Crippen LogP contribution in [0.4, 0.5) is 5.69 Å². The molecule has 2 aliphatic heterocycles. The minimum absolute atomic E-state index is 0.0545. The van der Waals surface area contributed by atoms with Crippen LogP contribution in [0.15, 0.2) is 76.2 Å². The average molecular weight is 349 g/mol. The Morgan fingerprint density at radius 2 is 1.80 bits per heavy atom. The Kier molecular flexibility index (Phi) is 3.93. The predicted octanol–water partition coefficient (Wildman–Crippen LogP) is 4.19. The summed E-state index contributed by atoms with van der Waals surface area (Å²) in [5.74, 6) is -0.587. The Morgan fingerprint density at radius 3 is 2.64 bits per heavy atom. The molecule has 5 heteroatoms. The van der Waals surface area contributed by atoms with Crippen LogP contribution >= 0.6 is 11.8 Å². The molecule has 2 aromatic rings. The number of ketones is 1. The summed E-state index contributed by atoms with van der Waals surface area (Å²) in [6.07, 6.45) is 3.38. The Labute approximate surface area is 149 Å². The number of hydrogen-bond donors (Lipinski definition) is 0. The Bertz CT molecular complexity index is 945. The van der Waals surface area contributed by atoms with Crippen molar-refractivity contribution in [1.29, 1.82) is 0 Å². The van der Waals surface area contributed by atoms with Gasteiger partial charge in [0.05, 0.1) is 16.3 Å². The molecule has 2 heterocycles. The molecule has 0 radical (unpaired) electrons. The molecule has 0 saturated carbocycles. The third kappa shape index (κ3) is 2.66. The van der Waals surface area contributed by atoms with Crippen molar-refractivity contribution in [2.45, 2.75) is 11.8 Å². The molecule has 0 aliphatic carbocycles. The molecule has 124 valence electrons. The van der Waals surface area contributed by atoms with E-state index in [1.165, 1.54) is 0 Å². The highest BCUT2D eigenvalue weighted by atomic mass is 32.2. The number of fused-ring (bicyclic) bond motifs is 2. The molecule has 25 heavy (non-hydrogen) atoms. The Balaban J connectivity index is 1.69. The van der Waals surface area contributed by atoms with Crippen molar-refractivity contribution in [2.24, 2.45) is 0 Å². The highest BCUT2D eigenvalue weighted by Gasteiger charge is 2.30. The van der Waals surface area contributed by atoms with E-state index >= 15 is 0 Å². The smallest absolute Gasteiger partial charge is 0.347 e. The highest BCUT2D eigenvalue weighted by molar-refractivity contribution is 8.03. The monoisotopic (exact) mass is 349 g/mol. The van der Waals surface area contributed by atoms with Gasteiger partial charge in [0, 0.05) is 11.4 Å². The summed E-state index contributed by atoms with van der Waals surface area (Å²) >= 11 is 1.62. The molecule has 0 spiro atoms. The van der Waals surface area contributed by atoms with E-state index < -0.39 is 5.97 Å². The number of allylic oxidation sites excluding steroid dienone is 2. The maximum absolute atomic E-state index is 12.6. The van der Waals surface area contributed by atoms with E-state index in [0.29, 0.717) is 11.3 Å². The zero-order valence-corrected chi connectivity index (χ0v) is 14.4. The van der Waals surface area contributed by atoms with Gasteiger partial charge in [0.15, 0.2) is 0 Å². The lowest BCUT2D eigenvalue weighted by atomic mass is 9.99.